The van der Waals surface area contributed by atoms with E-state index in [0.29, 0.717) is 29.5 Å². The fraction of sp³-hybridized carbons (Fsp3) is 0.481. The van der Waals surface area contributed by atoms with Crippen LogP contribution in [-0.4, -0.2) is 145 Å². The van der Waals surface area contributed by atoms with E-state index in [2.05, 4.69) is 26.6 Å². The number of hydrogen-bond donors (Lipinski definition) is 9. The van der Waals surface area contributed by atoms with E-state index in [1.807, 2.05) is 6.92 Å². The van der Waals surface area contributed by atoms with Crippen molar-refractivity contribution in [3.63, 3.8) is 0 Å². The van der Waals surface area contributed by atoms with Crippen molar-refractivity contribution in [2.75, 3.05) is 7.05 Å². The Hall–Kier alpha value is -7.55. The highest BCUT2D eigenvalue weighted by Crippen LogP contribution is 2.26. The maximum atomic E-state index is 15.1. The first-order chi connectivity index (χ1) is 34.7. The van der Waals surface area contributed by atoms with Crippen LogP contribution in [0, 0.1) is 5.92 Å². The number of aliphatic carboxylic acids is 1. The number of aromatic hydroxyl groups is 2. The number of nitrogens with one attached hydrogen (secondary N) is 5. The molecule has 7 amide bonds. The van der Waals surface area contributed by atoms with Gasteiger partial charge in [-0.3, -0.25) is 33.6 Å². The summed E-state index contributed by atoms with van der Waals surface area (Å²) in [6.07, 6.45) is -2.77. The van der Waals surface area contributed by atoms with Crippen LogP contribution in [-0.2, 0) is 62.5 Å². The van der Waals surface area contributed by atoms with E-state index in [-0.39, 0.29) is 50.1 Å². The first-order valence-electron chi connectivity index (χ1n) is 24.4. The second kappa shape index (κ2) is 26.2. The third-order valence-corrected chi connectivity index (χ3v) is 12.9. The van der Waals surface area contributed by atoms with E-state index < -0.39 is 120 Å². The number of hydrogen-bond acceptors (Lipinski definition) is 13. The highest BCUT2D eigenvalue weighted by atomic mass is 16.5. The van der Waals surface area contributed by atoms with Crippen LogP contribution in [0.2, 0.25) is 0 Å². The lowest BCUT2D eigenvalue weighted by atomic mass is 9.85. The molecule has 21 heteroatoms. The number of phenolic OH excluding ortho intramolecular Hbond substituents is 2. The summed E-state index contributed by atoms with van der Waals surface area (Å²) in [4.78, 5) is 129. The number of aliphatic hydroxyl groups excluding tert-OH is 1. The molecule has 1 heterocycles. The topological polar surface area (TPSA) is 310 Å². The Morgan fingerprint density at radius 3 is 1.99 bits per heavy atom. The lowest BCUT2D eigenvalue weighted by Gasteiger charge is -2.42. The molecule has 21 nitrogen and oxygen atoms in total. The van der Waals surface area contributed by atoms with Gasteiger partial charge in [0.25, 0.3) is 0 Å². The molecule has 2 bridgehead atoms. The molecule has 1 saturated heterocycles. The van der Waals surface area contributed by atoms with Crippen LogP contribution >= 0.6 is 0 Å². The number of aliphatic hydroxyl groups is 1. The number of esters is 1. The number of nitrogens with zero attached hydrogens (tertiary/aromatic N) is 2. The summed E-state index contributed by atoms with van der Waals surface area (Å²) < 4.78 is 5.85. The molecule has 394 valence electrons. The molecule has 9 N–H and O–H groups in total. The van der Waals surface area contributed by atoms with Crippen LogP contribution < -0.4 is 26.6 Å². The molecule has 0 aromatic heterocycles. The molecule has 3 aromatic rings. The number of amides is 7. The van der Waals surface area contributed by atoms with Gasteiger partial charge in [0.15, 0.2) is 5.78 Å². The van der Waals surface area contributed by atoms with E-state index in [4.69, 9.17) is 4.74 Å². The number of carboxylic acid groups (broad SMARTS) is 1. The number of urea groups is 1. The summed E-state index contributed by atoms with van der Waals surface area (Å²) in [5.74, 6) is -8.94. The molecule has 9 atom stereocenters. The molecule has 3 aromatic carbocycles. The van der Waals surface area contributed by atoms with Crippen molar-refractivity contribution in [1.82, 2.24) is 36.4 Å². The van der Waals surface area contributed by atoms with E-state index in [0.717, 1.165) is 16.2 Å². The lowest BCUT2D eigenvalue weighted by molar-refractivity contribution is -0.157. The summed E-state index contributed by atoms with van der Waals surface area (Å²) in [7, 11) is 1.32. The van der Waals surface area contributed by atoms with Gasteiger partial charge in [-0.1, -0.05) is 88.2 Å². The Bertz CT molecular complexity index is 2440. The standard InChI is InChI=1S/C52H67N7O14/c1-6-7-9-14-41(63)53-38(27-42(64)65)48(68)57-44-30(4)73-51(71)43(29(2)3)56-49(69)39(26-32-17-21-35(61)22-18-32)58(5)52(72)59(28-33-12-10-8-11-13-33)45-40(62)24-23-36(46(45)66)54-47(67)37(55-50(44)70)25-31-15-19-34(60)20-16-31/h8,10-13,15-22,29-30,36-40,43-45,60-62H,6-7,9,14,23-28H2,1-5H3,(H,53,63)(H,54,67)(H,55,70)(H,56,69)(H,57,68)(H,64,65). The number of benzene rings is 3. The number of carboxylic acids is 1. The minimum Gasteiger partial charge on any atom is -0.508 e. The number of cyclic esters (lactones) is 1. The second-order valence-electron chi connectivity index (χ2n) is 18.9. The number of rotatable bonds is 16. The Morgan fingerprint density at radius 1 is 0.781 bits per heavy atom. The molecule has 2 aliphatic rings. The Kier molecular flexibility index (Phi) is 20.3. The van der Waals surface area contributed by atoms with Crippen LogP contribution in [0.4, 0.5) is 4.79 Å². The third-order valence-electron chi connectivity index (χ3n) is 12.9. The summed E-state index contributed by atoms with van der Waals surface area (Å²) in [6.45, 7) is 6.08. The van der Waals surface area contributed by atoms with Gasteiger partial charge in [-0.25, -0.2) is 9.59 Å². The fourth-order valence-electron chi connectivity index (χ4n) is 8.72. The van der Waals surface area contributed by atoms with E-state index in [9.17, 15) is 58.8 Å². The molecule has 1 aliphatic carbocycles. The largest absolute Gasteiger partial charge is 0.508 e. The number of likely N-dealkylation sites (N-methyl/N-ethyl adjacent to an activating group) is 1. The molecule has 1 aliphatic heterocycles. The number of Topliss-reactive ketones (excluding diaryl/α,β-unsaturated/α-hetero) is 1. The van der Waals surface area contributed by atoms with Crippen molar-refractivity contribution >= 4 is 53.3 Å². The molecular formula is C52H67N7O14. The molecular weight excluding hydrogens is 947 g/mol. The van der Waals surface area contributed by atoms with Crippen LogP contribution in [0.25, 0.3) is 0 Å². The number of ether oxygens (including phenoxy) is 1. The molecule has 0 spiro atoms. The number of phenols is 2. The minimum atomic E-state index is -1.90. The highest BCUT2D eigenvalue weighted by molar-refractivity contribution is 6.00. The zero-order chi connectivity index (χ0) is 53.5. The highest BCUT2D eigenvalue weighted by Gasteiger charge is 2.46. The van der Waals surface area contributed by atoms with Gasteiger partial charge in [0, 0.05) is 32.9 Å². The minimum absolute atomic E-state index is 0.0282. The second-order valence-corrected chi connectivity index (χ2v) is 18.9. The SMILES string of the molecule is CCCCCC(=O)NC(CC(=O)O)C(=O)NC1C(=O)NC(Cc2ccc(O)cc2)C(=O)NC2CCC(O)C(C2=O)N(Cc2ccccc2)C(=O)N(C)C(Cc2ccc(O)cc2)C(=O)NC(C(C)C)C(=O)OC1C. The van der Waals surface area contributed by atoms with Crippen LogP contribution in [0.1, 0.15) is 89.3 Å². The molecule has 0 radical (unpaired) electrons. The first-order valence-corrected chi connectivity index (χ1v) is 24.4. The number of fused-ring (bicyclic) bond motifs is 2. The zero-order valence-corrected chi connectivity index (χ0v) is 41.6. The lowest BCUT2D eigenvalue weighted by Crippen LogP contribution is -2.65. The maximum absolute atomic E-state index is 15.1. The monoisotopic (exact) mass is 1010 g/mol. The number of unbranched alkanes of at least 4 members (excludes halogenated alkanes) is 2. The van der Waals surface area contributed by atoms with Crippen molar-refractivity contribution in [3.05, 3.63) is 95.6 Å². The average molecular weight is 1010 g/mol. The summed E-state index contributed by atoms with van der Waals surface area (Å²) in [5.41, 5.74) is 1.43. The Morgan fingerprint density at radius 2 is 1.40 bits per heavy atom. The van der Waals surface area contributed by atoms with Gasteiger partial charge in [-0.15, -0.1) is 0 Å². The number of ketones is 1. The Balaban J connectivity index is 1.64. The molecule has 2 fully saturated rings. The first kappa shape index (κ1) is 56.4. The Labute approximate surface area is 423 Å². The fourth-order valence-corrected chi connectivity index (χ4v) is 8.72. The van der Waals surface area contributed by atoms with Crippen molar-refractivity contribution in [2.45, 2.75) is 147 Å². The van der Waals surface area contributed by atoms with Gasteiger partial charge < -0.3 is 61.5 Å². The van der Waals surface area contributed by atoms with E-state index >= 15 is 4.79 Å². The van der Waals surface area contributed by atoms with Gasteiger partial charge >= 0.3 is 18.0 Å². The summed E-state index contributed by atoms with van der Waals surface area (Å²) >= 11 is 0. The van der Waals surface area contributed by atoms with Gasteiger partial charge in [0.1, 0.15) is 53.9 Å². The van der Waals surface area contributed by atoms with Crippen molar-refractivity contribution < 1.29 is 68.3 Å². The van der Waals surface area contributed by atoms with Crippen molar-refractivity contribution in [3.8, 4) is 11.5 Å². The number of carbonyl (C=O) groups is 9. The molecule has 1 saturated carbocycles. The molecule has 5 rings (SSSR count). The molecule has 9 unspecified atom stereocenters. The van der Waals surface area contributed by atoms with E-state index in [1.54, 1.807) is 44.2 Å². The number of carbonyl (C=O) groups excluding carboxylic acids is 8. The predicted molar refractivity (Wildman–Crippen MR) is 263 cm³/mol. The van der Waals surface area contributed by atoms with Crippen LogP contribution in [0.3, 0.4) is 0 Å². The summed E-state index contributed by atoms with van der Waals surface area (Å²) in [5, 5.41) is 54.3. The molecule has 73 heavy (non-hydrogen) atoms. The van der Waals surface area contributed by atoms with Gasteiger partial charge in [0.2, 0.25) is 29.5 Å². The van der Waals surface area contributed by atoms with Crippen molar-refractivity contribution in [2.24, 2.45) is 5.92 Å². The predicted octanol–water partition coefficient (Wildman–Crippen LogP) is 1.98. The smallest absolute Gasteiger partial charge is 0.329 e. The van der Waals surface area contributed by atoms with Crippen LogP contribution in [0.15, 0.2) is 78.9 Å². The maximum Gasteiger partial charge on any atom is 0.329 e. The van der Waals surface area contributed by atoms with Gasteiger partial charge in [0.05, 0.1) is 18.6 Å². The van der Waals surface area contributed by atoms with Crippen LogP contribution in [0.5, 0.6) is 11.5 Å². The third kappa shape index (κ3) is 15.7. The summed E-state index contributed by atoms with van der Waals surface area (Å²) in [6, 6.07) is 8.10. The normalized spacial score (nSPS) is 23.9. The quantitative estimate of drug-likeness (QED) is 0.0733. The van der Waals surface area contributed by atoms with Gasteiger partial charge in [-0.2, -0.15) is 0 Å². The van der Waals surface area contributed by atoms with E-state index in [1.165, 1.54) is 62.5 Å². The van der Waals surface area contributed by atoms with Crippen molar-refractivity contribution in [1.29, 1.82) is 0 Å². The zero-order valence-electron chi connectivity index (χ0n) is 41.6. The van der Waals surface area contributed by atoms with Gasteiger partial charge in [-0.05, 0) is 73.1 Å². The average Bonchev–Trinajstić information content (AvgIpc) is 3.34.